The highest BCUT2D eigenvalue weighted by Gasteiger charge is 2.32. The molecular weight excluding hydrogens is 416 g/mol. The average Bonchev–Trinajstić information content (AvgIpc) is 2.97. The number of likely N-dealkylation sites (N-methyl/N-ethyl adjacent to an activating group) is 1. The molecule has 2 aliphatic rings. The van der Waals surface area contributed by atoms with Crippen molar-refractivity contribution in [3.05, 3.63) is 36.3 Å². The lowest BCUT2D eigenvalue weighted by atomic mass is 10.0. The summed E-state index contributed by atoms with van der Waals surface area (Å²) < 4.78 is 2.11. The summed E-state index contributed by atoms with van der Waals surface area (Å²) in [5.74, 6) is 1.73. The molecule has 1 saturated heterocycles. The predicted molar refractivity (Wildman–Crippen MR) is 130 cm³/mol. The summed E-state index contributed by atoms with van der Waals surface area (Å²) in [5.41, 5.74) is 2.61. The van der Waals surface area contributed by atoms with Gasteiger partial charge in [-0.1, -0.05) is 13.8 Å². The maximum atomic E-state index is 12.8. The van der Waals surface area contributed by atoms with E-state index in [2.05, 4.69) is 50.0 Å². The smallest absolute Gasteiger partial charge is 0.270 e. The van der Waals surface area contributed by atoms with Crippen LogP contribution in [0.5, 0.6) is 0 Å². The Labute approximate surface area is 194 Å². The number of rotatable bonds is 5. The van der Waals surface area contributed by atoms with Crippen molar-refractivity contribution in [3.8, 4) is 0 Å². The third-order valence-corrected chi connectivity index (χ3v) is 6.43. The van der Waals surface area contributed by atoms with Crippen molar-refractivity contribution in [1.29, 1.82) is 0 Å². The molecule has 0 radical (unpaired) electrons. The number of nitrogens with one attached hydrogen (secondary N) is 2. The van der Waals surface area contributed by atoms with E-state index >= 15 is 0 Å². The molecule has 3 aromatic rings. The summed E-state index contributed by atoms with van der Waals surface area (Å²) in [4.78, 5) is 30.8. The van der Waals surface area contributed by atoms with E-state index in [1.54, 1.807) is 11.1 Å². The molecule has 0 spiro atoms. The lowest BCUT2D eigenvalue weighted by molar-refractivity contribution is 0.0710. The van der Waals surface area contributed by atoms with Crippen LogP contribution in [-0.4, -0.2) is 70.1 Å². The second-order valence-electron chi connectivity index (χ2n) is 9.46. The summed E-state index contributed by atoms with van der Waals surface area (Å²) in [5, 5.41) is 7.55. The Morgan fingerprint density at radius 3 is 2.85 bits per heavy atom. The van der Waals surface area contributed by atoms with Crippen molar-refractivity contribution in [2.75, 3.05) is 50.0 Å². The first kappa shape index (κ1) is 21.6. The summed E-state index contributed by atoms with van der Waals surface area (Å²) in [6.07, 6.45) is 5.80. The number of pyridine rings is 1. The number of carbonyl (C=O) groups is 1. The summed E-state index contributed by atoms with van der Waals surface area (Å²) in [7, 11) is 1.87. The molecule has 2 N–H and O–H groups in total. The second kappa shape index (κ2) is 8.97. The van der Waals surface area contributed by atoms with Crippen molar-refractivity contribution < 1.29 is 4.79 Å². The van der Waals surface area contributed by atoms with Gasteiger partial charge in [-0.25, -0.2) is 9.97 Å². The monoisotopic (exact) mass is 448 g/mol. The fourth-order valence-corrected chi connectivity index (χ4v) is 4.87. The molecule has 33 heavy (non-hydrogen) atoms. The molecule has 5 rings (SSSR count). The van der Waals surface area contributed by atoms with E-state index in [4.69, 9.17) is 4.98 Å². The lowest BCUT2D eigenvalue weighted by Gasteiger charge is -2.33. The zero-order valence-corrected chi connectivity index (χ0v) is 19.6. The molecule has 174 valence electrons. The van der Waals surface area contributed by atoms with Gasteiger partial charge in [-0.05, 0) is 43.5 Å². The van der Waals surface area contributed by atoms with Crippen LogP contribution in [0.1, 0.15) is 43.2 Å². The number of hydrogen-bond donors (Lipinski definition) is 2. The number of aromatic nitrogens is 4. The molecule has 3 aromatic heterocycles. The minimum absolute atomic E-state index is 0.0310. The van der Waals surface area contributed by atoms with Gasteiger partial charge in [-0.3, -0.25) is 4.79 Å². The molecule has 1 fully saturated rings. The van der Waals surface area contributed by atoms with Gasteiger partial charge in [0.05, 0.1) is 17.9 Å². The van der Waals surface area contributed by atoms with Crippen LogP contribution in [0.4, 0.5) is 17.5 Å². The second-order valence-corrected chi connectivity index (χ2v) is 9.46. The van der Waals surface area contributed by atoms with Gasteiger partial charge in [-0.2, -0.15) is 4.98 Å². The Hall–Kier alpha value is -3.20. The number of fused-ring (bicyclic) bond motifs is 3. The number of anilines is 3. The van der Waals surface area contributed by atoms with E-state index in [-0.39, 0.29) is 11.9 Å². The van der Waals surface area contributed by atoms with E-state index in [0.717, 1.165) is 55.7 Å². The largest absolute Gasteiger partial charge is 0.369 e. The standard InChI is InChI=1S/C24H32N8O/c1-16(2)11-19-15-30(3)23(33)20-12-17-13-27-24(29-22(17)32(19)20)28-21-6-5-18(14-26-21)31-9-4-7-25-8-10-31/h5-6,12-14,16,19,25H,4,7-11,15H2,1-3H3,(H,26,27,28,29). The van der Waals surface area contributed by atoms with Crippen molar-refractivity contribution >= 4 is 34.4 Å². The highest BCUT2D eigenvalue weighted by atomic mass is 16.2. The molecule has 1 amide bonds. The topological polar surface area (TPSA) is 91.2 Å². The molecule has 0 saturated carbocycles. The molecule has 1 unspecified atom stereocenters. The lowest BCUT2D eigenvalue weighted by Crippen LogP contribution is -2.40. The maximum absolute atomic E-state index is 12.8. The van der Waals surface area contributed by atoms with E-state index in [0.29, 0.717) is 29.9 Å². The first-order chi connectivity index (χ1) is 16.0. The third-order valence-electron chi connectivity index (χ3n) is 6.43. The Morgan fingerprint density at radius 1 is 1.18 bits per heavy atom. The first-order valence-electron chi connectivity index (χ1n) is 11.8. The van der Waals surface area contributed by atoms with E-state index in [1.807, 2.05) is 25.4 Å². The van der Waals surface area contributed by atoms with Gasteiger partial charge in [0.1, 0.15) is 17.2 Å². The van der Waals surface area contributed by atoms with Gasteiger partial charge in [0.25, 0.3) is 5.91 Å². The quantitative estimate of drug-likeness (QED) is 0.620. The van der Waals surface area contributed by atoms with Crippen LogP contribution in [0, 0.1) is 5.92 Å². The molecular formula is C24H32N8O. The summed E-state index contributed by atoms with van der Waals surface area (Å²) in [6, 6.07) is 6.16. The van der Waals surface area contributed by atoms with Crippen molar-refractivity contribution in [2.45, 2.75) is 32.7 Å². The minimum atomic E-state index is 0.0310. The van der Waals surface area contributed by atoms with E-state index < -0.39 is 0 Å². The Morgan fingerprint density at radius 2 is 2.06 bits per heavy atom. The van der Waals surface area contributed by atoms with Crippen LogP contribution >= 0.6 is 0 Å². The van der Waals surface area contributed by atoms with Crippen LogP contribution in [0.25, 0.3) is 11.0 Å². The highest BCUT2D eigenvalue weighted by molar-refractivity contribution is 5.98. The van der Waals surface area contributed by atoms with Crippen LogP contribution in [-0.2, 0) is 0 Å². The Bertz CT molecular complexity index is 1130. The summed E-state index contributed by atoms with van der Waals surface area (Å²) in [6.45, 7) is 9.18. The number of carbonyl (C=O) groups excluding carboxylic acids is 1. The molecule has 2 aliphatic heterocycles. The maximum Gasteiger partial charge on any atom is 0.270 e. The van der Waals surface area contributed by atoms with Gasteiger partial charge in [0.15, 0.2) is 0 Å². The molecule has 0 aromatic carbocycles. The van der Waals surface area contributed by atoms with Gasteiger partial charge < -0.3 is 25.0 Å². The van der Waals surface area contributed by atoms with Crippen LogP contribution < -0.4 is 15.5 Å². The number of nitrogens with zero attached hydrogens (tertiary/aromatic N) is 6. The first-order valence-corrected chi connectivity index (χ1v) is 11.8. The molecule has 9 heteroatoms. The fourth-order valence-electron chi connectivity index (χ4n) is 4.87. The zero-order chi connectivity index (χ0) is 22.9. The Balaban J connectivity index is 1.41. The highest BCUT2D eigenvalue weighted by Crippen LogP contribution is 2.32. The number of amides is 1. The van der Waals surface area contributed by atoms with Crippen molar-refractivity contribution in [2.24, 2.45) is 5.92 Å². The van der Waals surface area contributed by atoms with Crippen LogP contribution in [0.2, 0.25) is 0 Å². The van der Waals surface area contributed by atoms with Gasteiger partial charge in [0.2, 0.25) is 5.95 Å². The van der Waals surface area contributed by atoms with Crippen molar-refractivity contribution in [3.63, 3.8) is 0 Å². The van der Waals surface area contributed by atoms with Crippen molar-refractivity contribution in [1.82, 2.24) is 29.7 Å². The van der Waals surface area contributed by atoms with Crippen LogP contribution in [0.3, 0.4) is 0 Å². The van der Waals surface area contributed by atoms with E-state index in [1.165, 1.54) is 0 Å². The van der Waals surface area contributed by atoms with Gasteiger partial charge in [0, 0.05) is 44.8 Å². The summed E-state index contributed by atoms with van der Waals surface area (Å²) >= 11 is 0. The molecule has 9 nitrogen and oxygen atoms in total. The molecule has 0 aliphatic carbocycles. The number of hydrogen-bond acceptors (Lipinski definition) is 7. The van der Waals surface area contributed by atoms with Crippen LogP contribution in [0.15, 0.2) is 30.6 Å². The average molecular weight is 449 g/mol. The minimum Gasteiger partial charge on any atom is -0.369 e. The SMILES string of the molecule is CC(C)CC1CN(C)C(=O)c2cc3cnc(Nc4ccc(N5CCCNCC5)cn4)nc3n21. The van der Waals surface area contributed by atoms with E-state index in [9.17, 15) is 4.79 Å². The molecule has 1 atom stereocenters. The Kier molecular flexibility index (Phi) is 5.88. The normalized spacial score (nSPS) is 19.2. The fraction of sp³-hybridized carbons (Fsp3) is 0.500. The molecule has 5 heterocycles. The molecule has 0 bridgehead atoms. The zero-order valence-electron chi connectivity index (χ0n) is 19.6. The third kappa shape index (κ3) is 4.37. The predicted octanol–water partition coefficient (Wildman–Crippen LogP) is 3.04. The van der Waals surface area contributed by atoms with Gasteiger partial charge >= 0.3 is 0 Å². The van der Waals surface area contributed by atoms with Gasteiger partial charge in [-0.15, -0.1) is 0 Å².